The lowest BCUT2D eigenvalue weighted by Gasteiger charge is -2.41. The molecule has 1 aliphatic heterocycles. The normalized spacial score (nSPS) is 28.9. The van der Waals surface area contributed by atoms with Gasteiger partial charge in [0.2, 0.25) is 0 Å². The van der Waals surface area contributed by atoms with Gasteiger partial charge in [-0.25, -0.2) is 0 Å². The molecular formula is C14H28N2O2. The fourth-order valence-electron chi connectivity index (χ4n) is 2.70. The third kappa shape index (κ3) is 3.95. The van der Waals surface area contributed by atoms with Gasteiger partial charge in [0.25, 0.3) is 0 Å². The molecule has 0 aromatic carbocycles. The van der Waals surface area contributed by atoms with Gasteiger partial charge in [-0.05, 0) is 52.1 Å². The number of rotatable bonds is 6. The van der Waals surface area contributed by atoms with Crippen LogP contribution < -0.4 is 5.32 Å². The van der Waals surface area contributed by atoms with E-state index in [4.69, 9.17) is 0 Å². The molecule has 0 radical (unpaired) electrons. The van der Waals surface area contributed by atoms with E-state index in [9.17, 15) is 9.90 Å². The number of hydrogen-bond acceptors (Lipinski definition) is 3. The Bertz CT molecular complexity index is 283. The lowest BCUT2D eigenvalue weighted by atomic mass is 9.91. The number of carboxylic acid groups (broad SMARTS) is 1. The Labute approximate surface area is 111 Å². The maximum Gasteiger partial charge on any atom is 0.324 e. The molecule has 0 aromatic rings. The summed E-state index contributed by atoms with van der Waals surface area (Å²) in [6.45, 7) is 10.7. The molecule has 2 N–H and O–H groups in total. The first-order valence-corrected chi connectivity index (χ1v) is 7.11. The molecular weight excluding hydrogens is 228 g/mol. The van der Waals surface area contributed by atoms with E-state index in [1.165, 1.54) is 12.8 Å². The summed E-state index contributed by atoms with van der Waals surface area (Å²) in [7, 11) is 0. The lowest BCUT2D eigenvalue weighted by Crippen LogP contribution is -2.59. The van der Waals surface area contributed by atoms with Gasteiger partial charge >= 0.3 is 5.97 Å². The first-order valence-electron chi connectivity index (χ1n) is 7.11. The minimum atomic E-state index is -0.829. The van der Waals surface area contributed by atoms with Crippen molar-refractivity contribution in [2.75, 3.05) is 19.6 Å². The van der Waals surface area contributed by atoms with E-state index < -0.39 is 11.5 Å². The van der Waals surface area contributed by atoms with E-state index >= 15 is 0 Å². The first-order chi connectivity index (χ1) is 8.39. The van der Waals surface area contributed by atoms with Crippen LogP contribution in [0.1, 0.15) is 47.0 Å². The fourth-order valence-corrected chi connectivity index (χ4v) is 2.70. The third-order valence-corrected chi connectivity index (χ3v) is 4.03. The molecule has 0 saturated carbocycles. The molecule has 1 saturated heterocycles. The van der Waals surface area contributed by atoms with Crippen LogP contribution in [-0.2, 0) is 4.79 Å². The summed E-state index contributed by atoms with van der Waals surface area (Å²) in [5, 5.41) is 12.6. The highest BCUT2D eigenvalue weighted by Crippen LogP contribution is 2.23. The van der Waals surface area contributed by atoms with Crippen molar-refractivity contribution >= 4 is 5.97 Å². The van der Waals surface area contributed by atoms with Crippen molar-refractivity contribution in [3.05, 3.63) is 0 Å². The van der Waals surface area contributed by atoms with Gasteiger partial charge < -0.3 is 10.4 Å². The zero-order valence-electron chi connectivity index (χ0n) is 12.2. The van der Waals surface area contributed by atoms with Crippen molar-refractivity contribution in [1.82, 2.24) is 10.2 Å². The molecule has 0 aromatic heterocycles. The molecule has 1 heterocycles. The number of nitrogens with zero attached hydrogens (tertiary/aromatic N) is 1. The maximum atomic E-state index is 11.5. The van der Waals surface area contributed by atoms with Gasteiger partial charge in [0.05, 0.1) is 0 Å². The van der Waals surface area contributed by atoms with E-state index in [1.54, 1.807) is 6.92 Å². The summed E-state index contributed by atoms with van der Waals surface area (Å²) in [6.07, 6.45) is 3.30. The number of nitrogens with one attached hydrogen (secondary N) is 1. The zero-order valence-corrected chi connectivity index (χ0v) is 12.2. The van der Waals surface area contributed by atoms with Crippen molar-refractivity contribution in [2.45, 2.75) is 58.5 Å². The second-order valence-electron chi connectivity index (χ2n) is 6.01. The first kappa shape index (κ1) is 15.4. The molecule has 3 atom stereocenters. The van der Waals surface area contributed by atoms with Crippen LogP contribution in [0.4, 0.5) is 0 Å². The molecule has 4 heteroatoms. The molecule has 0 bridgehead atoms. The summed E-state index contributed by atoms with van der Waals surface area (Å²) in [4.78, 5) is 13.8. The van der Waals surface area contributed by atoms with Gasteiger partial charge in [-0.15, -0.1) is 0 Å². The molecule has 0 aliphatic carbocycles. The van der Waals surface area contributed by atoms with Crippen molar-refractivity contribution in [2.24, 2.45) is 5.92 Å². The van der Waals surface area contributed by atoms with E-state index in [0.717, 1.165) is 25.4 Å². The summed E-state index contributed by atoms with van der Waals surface area (Å²) in [5.74, 6) is 0.0118. The topological polar surface area (TPSA) is 52.6 Å². The zero-order chi connectivity index (χ0) is 13.8. The minimum Gasteiger partial charge on any atom is -0.480 e. The summed E-state index contributed by atoms with van der Waals surface area (Å²) >= 11 is 0. The van der Waals surface area contributed by atoms with Crippen molar-refractivity contribution in [3.8, 4) is 0 Å². The molecule has 1 rings (SSSR count). The Morgan fingerprint density at radius 2 is 2.17 bits per heavy atom. The van der Waals surface area contributed by atoms with Crippen molar-refractivity contribution in [1.29, 1.82) is 0 Å². The Morgan fingerprint density at radius 3 is 2.67 bits per heavy atom. The van der Waals surface area contributed by atoms with Crippen LogP contribution in [0.25, 0.3) is 0 Å². The highest BCUT2D eigenvalue weighted by molar-refractivity contribution is 5.78. The van der Waals surface area contributed by atoms with Crippen LogP contribution in [0.2, 0.25) is 0 Å². The van der Waals surface area contributed by atoms with Crippen LogP contribution in [0.15, 0.2) is 0 Å². The molecule has 18 heavy (non-hydrogen) atoms. The van der Waals surface area contributed by atoms with Gasteiger partial charge in [-0.2, -0.15) is 0 Å². The SMILES string of the molecule is CCCNC(C)(CN1CCC(C)CC1C)C(=O)O. The highest BCUT2D eigenvalue weighted by atomic mass is 16.4. The van der Waals surface area contributed by atoms with E-state index in [-0.39, 0.29) is 0 Å². The van der Waals surface area contributed by atoms with Crippen LogP contribution in [0, 0.1) is 5.92 Å². The maximum absolute atomic E-state index is 11.5. The predicted molar refractivity (Wildman–Crippen MR) is 73.8 cm³/mol. The molecule has 0 spiro atoms. The Hall–Kier alpha value is -0.610. The second-order valence-corrected chi connectivity index (χ2v) is 6.01. The van der Waals surface area contributed by atoms with Gasteiger partial charge in [-0.1, -0.05) is 13.8 Å². The Kier molecular flexibility index (Phi) is 5.60. The molecule has 1 aliphatic rings. The van der Waals surface area contributed by atoms with Gasteiger partial charge in [-0.3, -0.25) is 9.69 Å². The van der Waals surface area contributed by atoms with Crippen molar-refractivity contribution < 1.29 is 9.90 Å². The number of carbonyl (C=O) groups is 1. The van der Waals surface area contributed by atoms with Gasteiger partial charge in [0.15, 0.2) is 0 Å². The van der Waals surface area contributed by atoms with Gasteiger partial charge in [0.1, 0.15) is 5.54 Å². The number of hydrogen-bond donors (Lipinski definition) is 2. The summed E-state index contributed by atoms with van der Waals surface area (Å²) in [6, 6.07) is 0.482. The standard InChI is InChI=1S/C14H28N2O2/c1-5-7-15-14(4,13(17)18)10-16-8-6-11(2)9-12(16)3/h11-12,15H,5-10H2,1-4H3,(H,17,18). The average molecular weight is 256 g/mol. The lowest BCUT2D eigenvalue weighted by molar-refractivity contribution is -0.145. The Balaban J connectivity index is 2.63. The quantitative estimate of drug-likeness (QED) is 0.762. The van der Waals surface area contributed by atoms with E-state index in [0.29, 0.717) is 12.6 Å². The fraction of sp³-hybridized carbons (Fsp3) is 0.929. The second kappa shape index (κ2) is 6.53. The smallest absolute Gasteiger partial charge is 0.324 e. The van der Waals surface area contributed by atoms with Crippen LogP contribution in [0.5, 0.6) is 0 Å². The largest absolute Gasteiger partial charge is 0.480 e. The number of aliphatic carboxylic acids is 1. The summed E-state index contributed by atoms with van der Waals surface area (Å²) in [5.41, 5.74) is -0.829. The average Bonchev–Trinajstić information content (AvgIpc) is 2.30. The van der Waals surface area contributed by atoms with Crippen LogP contribution >= 0.6 is 0 Å². The molecule has 0 amide bonds. The molecule has 1 fully saturated rings. The number of carboxylic acids is 1. The molecule has 3 unspecified atom stereocenters. The predicted octanol–water partition coefficient (Wildman–Crippen LogP) is 1.95. The Morgan fingerprint density at radius 1 is 1.50 bits per heavy atom. The number of likely N-dealkylation sites (tertiary alicyclic amines) is 1. The molecule has 4 nitrogen and oxygen atoms in total. The molecule has 106 valence electrons. The third-order valence-electron chi connectivity index (χ3n) is 4.03. The number of piperidine rings is 1. The van der Waals surface area contributed by atoms with Crippen molar-refractivity contribution in [3.63, 3.8) is 0 Å². The minimum absolute atomic E-state index is 0.482. The van der Waals surface area contributed by atoms with Gasteiger partial charge in [0, 0.05) is 12.6 Å². The monoisotopic (exact) mass is 256 g/mol. The van der Waals surface area contributed by atoms with Crippen LogP contribution in [-0.4, -0.2) is 47.2 Å². The van der Waals surface area contributed by atoms with Crippen LogP contribution in [0.3, 0.4) is 0 Å². The van der Waals surface area contributed by atoms with E-state index in [2.05, 4.69) is 31.0 Å². The highest BCUT2D eigenvalue weighted by Gasteiger charge is 2.36. The van der Waals surface area contributed by atoms with E-state index in [1.807, 2.05) is 0 Å². The summed E-state index contributed by atoms with van der Waals surface area (Å²) < 4.78 is 0.